The van der Waals surface area contributed by atoms with E-state index in [1.54, 1.807) is 12.3 Å². The van der Waals surface area contributed by atoms with Crippen molar-refractivity contribution in [2.45, 2.75) is 30.8 Å². The van der Waals surface area contributed by atoms with Crippen LogP contribution in [0.15, 0.2) is 53.7 Å². The molecular formula is C17H20N2OS. The number of carbonyl (C=O) groups excluding carboxylic acids is 1. The van der Waals surface area contributed by atoms with E-state index in [1.807, 2.05) is 42.7 Å². The highest BCUT2D eigenvalue weighted by Crippen LogP contribution is 2.25. The lowest BCUT2D eigenvalue weighted by molar-refractivity contribution is 0.0901. The number of benzene rings is 1. The van der Waals surface area contributed by atoms with E-state index in [9.17, 15) is 4.79 Å². The first-order chi connectivity index (χ1) is 10.1. The summed E-state index contributed by atoms with van der Waals surface area (Å²) >= 11 is 1.53. The lowest BCUT2D eigenvalue weighted by Crippen LogP contribution is -2.43. The van der Waals surface area contributed by atoms with Crippen LogP contribution in [0.5, 0.6) is 0 Å². The Morgan fingerprint density at radius 1 is 1.29 bits per heavy atom. The summed E-state index contributed by atoms with van der Waals surface area (Å²) in [5.41, 5.74) is 1.38. The van der Waals surface area contributed by atoms with Crippen molar-refractivity contribution in [3.8, 4) is 0 Å². The van der Waals surface area contributed by atoms with Crippen molar-refractivity contribution in [1.29, 1.82) is 0 Å². The maximum atomic E-state index is 12.5. The molecule has 2 rings (SSSR count). The van der Waals surface area contributed by atoms with Crippen LogP contribution in [0.4, 0.5) is 0 Å². The van der Waals surface area contributed by atoms with Gasteiger partial charge in [0.15, 0.2) is 0 Å². The van der Waals surface area contributed by atoms with Crippen LogP contribution < -0.4 is 5.32 Å². The molecule has 0 radical (unpaired) electrons. The Balaban J connectivity index is 2.23. The summed E-state index contributed by atoms with van der Waals surface area (Å²) in [4.78, 5) is 16.7. The molecule has 0 spiro atoms. The molecule has 0 bridgehead atoms. The highest BCUT2D eigenvalue weighted by atomic mass is 32.2. The lowest BCUT2D eigenvalue weighted by Gasteiger charge is -2.30. The molecule has 0 saturated carbocycles. The molecule has 21 heavy (non-hydrogen) atoms. The Morgan fingerprint density at radius 2 is 2.00 bits per heavy atom. The number of amides is 1. The van der Waals surface area contributed by atoms with Crippen molar-refractivity contribution in [2.24, 2.45) is 0 Å². The van der Waals surface area contributed by atoms with Gasteiger partial charge >= 0.3 is 0 Å². The van der Waals surface area contributed by atoms with Gasteiger partial charge < -0.3 is 5.32 Å². The summed E-state index contributed by atoms with van der Waals surface area (Å²) in [5.74, 6) is -0.0686. The number of nitrogens with one attached hydrogen (secondary N) is 1. The molecule has 0 aliphatic carbocycles. The Morgan fingerprint density at radius 3 is 2.62 bits per heavy atom. The van der Waals surface area contributed by atoms with E-state index < -0.39 is 0 Å². The van der Waals surface area contributed by atoms with Crippen LogP contribution in [0.25, 0.3) is 0 Å². The zero-order valence-corrected chi connectivity index (χ0v) is 13.4. The third-order valence-corrected chi connectivity index (χ3v) is 4.36. The topological polar surface area (TPSA) is 42.0 Å². The van der Waals surface area contributed by atoms with Crippen molar-refractivity contribution < 1.29 is 4.79 Å². The van der Waals surface area contributed by atoms with E-state index in [1.165, 1.54) is 11.8 Å². The van der Waals surface area contributed by atoms with Crippen LogP contribution in [0.1, 0.15) is 36.2 Å². The van der Waals surface area contributed by atoms with E-state index in [-0.39, 0.29) is 11.4 Å². The molecule has 3 nitrogen and oxygen atoms in total. The summed E-state index contributed by atoms with van der Waals surface area (Å²) in [5, 5.41) is 4.00. The van der Waals surface area contributed by atoms with Crippen LogP contribution in [-0.2, 0) is 5.54 Å². The van der Waals surface area contributed by atoms with Gasteiger partial charge in [0.05, 0.1) is 10.6 Å². The van der Waals surface area contributed by atoms with Gasteiger partial charge in [-0.05, 0) is 37.3 Å². The molecule has 0 saturated heterocycles. The monoisotopic (exact) mass is 300 g/mol. The molecule has 1 aromatic carbocycles. The third-order valence-electron chi connectivity index (χ3n) is 3.71. The molecule has 1 atom stereocenters. The molecule has 2 aromatic rings. The summed E-state index contributed by atoms with van der Waals surface area (Å²) in [6.45, 7) is 4.13. The van der Waals surface area contributed by atoms with Crippen LogP contribution in [-0.4, -0.2) is 17.1 Å². The molecule has 0 aliphatic rings. The van der Waals surface area contributed by atoms with E-state index >= 15 is 0 Å². The number of hydrogen-bond acceptors (Lipinski definition) is 3. The maximum Gasteiger partial charge on any atom is 0.252 e. The molecule has 4 heteroatoms. The number of hydrogen-bond donors (Lipinski definition) is 1. The van der Waals surface area contributed by atoms with Crippen LogP contribution in [0, 0.1) is 0 Å². The second kappa shape index (κ2) is 6.76. The largest absolute Gasteiger partial charge is 0.343 e. The van der Waals surface area contributed by atoms with E-state index in [0.717, 1.165) is 17.0 Å². The van der Waals surface area contributed by atoms with Crippen molar-refractivity contribution >= 4 is 17.7 Å². The van der Waals surface area contributed by atoms with E-state index in [2.05, 4.69) is 24.1 Å². The van der Waals surface area contributed by atoms with Gasteiger partial charge in [-0.3, -0.25) is 4.79 Å². The molecule has 1 unspecified atom stereocenters. The fourth-order valence-corrected chi connectivity index (χ4v) is 2.57. The smallest absolute Gasteiger partial charge is 0.252 e. The SMILES string of the molecule is CCC(C)(NC(=O)c1ccnc(SC)c1)c1ccccc1. The molecule has 1 N–H and O–H groups in total. The van der Waals surface area contributed by atoms with Gasteiger partial charge in [0.25, 0.3) is 5.91 Å². The highest BCUT2D eigenvalue weighted by molar-refractivity contribution is 7.98. The summed E-state index contributed by atoms with van der Waals surface area (Å²) in [6, 6.07) is 13.6. The second-order valence-electron chi connectivity index (χ2n) is 5.09. The Kier molecular flexibility index (Phi) is 5.02. The molecule has 0 fully saturated rings. The van der Waals surface area contributed by atoms with E-state index in [4.69, 9.17) is 0 Å². The normalized spacial score (nSPS) is 13.5. The molecule has 0 aliphatic heterocycles. The zero-order valence-electron chi connectivity index (χ0n) is 12.6. The van der Waals surface area contributed by atoms with Crippen molar-refractivity contribution in [1.82, 2.24) is 10.3 Å². The minimum atomic E-state index is -0.374. The van der Waals surface area contributed by atoms with Crippen molar-refractivity contribution in [3.63, 3.8) is 0 Å². The van der Waals surface area contributed by atoms with Crippen LogP contribution >= 0.6 is 11.8 Å². The number of aromatic nitrogens is 1. The van der Waals surface area contributed by atoms with E-state index in [0.29, 0.717) is 5.56 Å². The minimum absolute atomic E-state index is 0.0686. The summed E-state index contributed by atoms with van der Waals surface area (Å²) < 4.78 is 0. The third kappa shape index (κ3) is 3.64. The Labute approximate surface area is 130 Å². The van der Waals surface area contributed by atoms with Gasteiger partial charge in [0.2, 0.25) is 0 Å². The van der Waals surface area contributed by atoms with Crippen LogP contribution in [0.3, 0.4) is 0 Å². The maximum absolute atomic E-state index is 12.5. The molecular weight excluding hydrogens is 280 g/mol. The number of carbonyl (C=O) groups is 1. The quantitative estimate of drug-likeness (QED) is 0.853. The Bertz CT molecular complexity index is 615. The first-order valence-electron chi connectivity index (χ1n) is 6.97. The number of rotatable bonds is 5. The zero-order chi connectivity index (χ0) is 15.3. The Hall–Kier alpha value is -1.81. The average molecular weight is 300 g/mol. The predicted octanol–water partition coefficient (Wildman–Crippen LogP) is 3.86. The number of nitrogens with zero attached hydrogens (tertiary/aromatic N) is 1. The van der Waals surface area contributed by atoms with Gasteiger partial charge in [0.1, 0.15) is 0 Å². The molecule has 110 valence electrons. The minimum Gasteiger partial charge on any atom is -0.343 e. The van der Waals surface area contributed by atoms with Crippen molar-refractivity contribution in [2.75, 3.05) is 6.26 Å². The van der Waals surface area contributed by atoms with Gasteiger partial charge in [0, 0.05) is 11.8 Å². The van der Waals surface area contributed by atoms with Gasteiger partial charge in [-0.1, -0.05) is 37.3 Å². The van der Waals surface area contributed by atoms with Gasteiger partial charge in [-0.25, -0.2) is 4.98 Å². The summed E-state index contributed by atoms with van der Waals surface area (Å²) in [6.07, 6.45) is 4.44. The van der Waals surface area contributed by atoms with Crippen LogP contribution in [0.2, 0.25) is 0 Å². The fraction of sp³-hybridized carbons (Fsp3) is 0.294. The van der Waals surface area contributed by atoms with Gasteiger partial charge in [-0.2, -0.15) is 0 Å². The summed E-state index contributed by atoms with van der Waals surface area (Å²) in [7, 11) is 0. The van der Waals surface area contributed by atoms with Crippen molar-refractivity contribution in [3.05, 3.63) is 59.8 Å². The highest BCUT2D eigenvalue weighted by Gasteiger charge is 2.26. The fourth-order valence-electron chi connectivity index (χ4n) is 2.16. The predicted molar refractivity (Wildman–Crippen MR) is 87.6 cm³/mol. The molecule has 1 heterocycles. The number of pyridine rings is 1. The van der Waals surface area contributed by atoms with Gasteiger partial charge in [-0.15, -0.1) is 11.8 Å². The molecule has 1 aromatic heterocycles. The first-order valence-corrected chi connectivity index (χ1v) is 8.19. The lowest BCUT2D eigenvalue weighted by atomic mass is 9.89. The standard InChI is InChI=1S/C17H20N2OS/c1-4-17(2,14-8-6-5-7-9-14)19-16(20)13-10-11-18-15(12-13)21-3/h5-12H,4H2,1-3H3,(H,19,20). The molecule has 1 amide bonds. The second-order valence-corrected chi connectivity index (χ2v) is 5.92. The first kappa shape index (κ1) is 15.6. The number of thioether (sulfide) groups is 1. The average Bonchev–Trinajstić information content (AvgIpc) is 2.55.